The van der Waals surface area contributed by atoms with E-state index in [9.17, 15) is 9.18 Å². The van der Waals surface area contributed by atoms with Crippen molar-refractivity contribution in [2.75, 3.05) is 6.54 Å². The van der Waals surface area contributed by atoms with Gasteiger partial charge in [-0.2, -0.15) is 0 Å². The average Bonchev–Trinajstić information content (AvgIpc) is 2.42. The lowest BCUT2D eigenvalue weighted by molar-refractivity contribution is 0.0660. The number of hydrogen-bond acceptors (Lipinski definition) is 2. The van der Waals surface area contributed by atoms with Gasteiger partial charge in [0.25, 0.3) is 0 Å². The minimum atomic E-state index is -1.00. The Labute approximate surface area is 112 Å². The van der Waals surface area contributed by atoms with Crippen LogP contribution in [0.1, 0.15) is 19.3 Å². The summed E-state index contributed by atoms with van der Waals surface area (Å²) in [5, 5.41) is 0. The molecule has 0 aromatic heterocycles. The van der Waals surface area contributed by atoms with Crippen LogP contribution in [-0.4, -0.2) is 29.8 Å². The van der Waals surface area contributed by atoms with Gasteiger partial charge in [0.05, 0.1) is 6.04 Å². The molecular weight excluding hydrogens is 245 g/mol. The molecule has 1 aliphatic rings. The number of hydrogen-bond donors (Lipinski definition) is 0. The van der Waals surface area contributed by atoms with Crippen LogP contribution in [0.2, 0.25) is 0 Å². The van der Waals surface area contributed by atoms with E-state index in [-0.39, 0.29) is 0 Å². The lowest BCUT2D eigenvalue weighted by Gasteiger charge is -2.36. The highest BCUT2D eigenvalue weighted by Gasteiger charge is 2.34. The van der Waals surface area contributed by atoms with Crippen molar-refractivity contribution in [2.24, 2.45) is 0 Å². The highest BCUT2D eigenvalue weighted by molar-refractivity contribution is 5.71. The zero-order chi connectivity index (χ0) is 13.7. The fourth-order valence-corrected chi connectivity index (χ4v) is 2.33. The van der Waals surface area contributed by atoms with Gasteiger partial charge in [0.1, 0.15) is 11.9 Å². The summed E-state index contributed by atoms with van der Waals surface area (Å²) in [5.74, 6) is 0.478. The summed E-state index contributed by atoms with van der Waals surface area (Å²) in [5.41, 5.74) is 0. The van der Waals surface area contributed by atoms with Gasteiger partial charge in [-0.15, -0.1) is 6.58 Å². The van der Waals surface area contributed by atoms with Gasteiger partial charge >= 0.3 is 6.09 Å². The van der Waals surface area contributed by atoms with Crippen molar-refractivity contribution in [1.29, 1.82) is 0 Å². The van der Waals surface area contributed by atoms with E-state index in [1.165, 1.54) is 4.90 Å². The largest absolute Gasteiger partial charge is 0.415 e. The van der Waals surface area contributed by atoms with Gasteiger partial charge in [0.15, 0.2) is 0 Å². The van der Waals surface area contributed by atoms with Crippen molar-refractivity contribution in [3.05, 3.63) is 43.0 Å². The second-order valence-electron chi connectivity index (χ2n) is 4.62. The molecule has 1 aromatic carbocycles. The number of alkyl halides is 1. The summed E-state index contributed by atoms with van der Waals surface area (Å²) in [6.07, 6.45) is 1.76. The summed E-state index contributed by atoms with van der Waals surface area (Å²) in [7, 11) is 0. The van der Waals surface area contributed by atoms with Crippen molar-refractivity contribution < 1.29 is 13.9 Å². The normalized spacial score (nSPS) is 22.9. The van der Waals surface area contributed by atoms with Crippen LogP contribution >= 0.6 is 0 Å². The Morgan fingerprint density at radius 2 is 2.21 bits per heavy atom. The number of amides is 1. The van der Waals surface area contributed by atoms with Gasteiger partial charge in [-0.3, -0.25) is 0 Å². The summed E-state index contributed by atoms with van der Waals surface area (Å²) >= 11 is 0. The first-order valence-electron chi connectivity index (χ1n) is 6.51. The molecule has 1 amide bonds. The molecular formula is C15H18FNO2. The third-order valence-corrected chi connectivity index (χ3v) is 3.29. The number of nitrogens with zero attached hydrogens (tertiary/aromatic N) is 1. The molecule has 0 aliphatic carbocycles. The molecule has 102 valence electrons. The first-order valence-corrected chi connectivity index (χ1v) is 6.51. The standard InChI is InChI=1S/C15H18FNO2/c1-2-7-14-13(16)10-6-11-17(14)15(18)19-12-8-4-3-5-9-12/h2-5,8-9,13-14H,1,6-7,10-11H2. The Morgan fingerprint density at radius 3 is 2.89 bits per heavy atom. The van der Waals surface area contributed by atoms with Crippen molar-refractivity contribution in [2.45, 2.75) is 31.5 Å². The van der Waals surface area contributed by atoms with Crippen LogP contribution in [0.4, 0.5) is 9.18 Å². The smallest absolute Gasteiger partial charge is 0.410 e. The molecule has 1 heterocycles. The molecule has 4 heteroatoms. The lowest BCUT2D eigenvalue weighted by atomic mass is 9.98. The monoisotopic (exact) mass is 263 g/mol. The SMILES string of the molecule is C=CCC1C(F)CCCN1C(=O)Oc1ccccc1. The molecule has 1 aliphatic heterocycles. The van der Waals surface area contributed by atoms with Crippen LogP contribution in [0.25, 0.3) is 0 Å². The number of ether oxygens (including phenoxy) is 1. The van der Waals surface area contributed by atoms with Crippen LogP contribution in [-0.2, 0) is 0 Å². The number of benzene rings is 1. The molecule has 1 aromatic rings. The first-order chi connectivity index (χ1) is 9.22. The highest BCUT2D eigenvalue weighted by atomic mass is 19.1. The molecule has 19 heavy (non-hydrogen) atoms. The third kappa shape index (κ3) is 3.34. The second kappa shape index (κ2) is 6.36. The predicted molar refractivity (Wildman–Crippen MR) is 71.9 cm³/mol. The Kier molecular flexibility index (Phi) is 4.55. The number of rotatable bonds is 3. The molecule has 1 saturated heterocycles. The van der Waals surface area contributed by atoms with Crippen LogP contribution < -0.4 is 4.74 Å². The van der Waals surface area contributed by atoms with Crippen LogP contribution in [0.15, 0.2) is 43.0 Å². The van der Waals surface area contributed by atoms with Crippen LogP contribution in [0.5, 0.6) is 5.75 Å². The maximum atomic E-state index is 13.9. The Balaban J connectivity index is 2.05. The minimum absolute atomic E-state index is 0.449. The molecule has 0 saturated carbocycles. The number of para-hydroxylation sites is 1. The fourth-order valence-electron chi connectivity index (χ4n) is 2.33. The molecule has 0 radical (unpaired) electrons. The minimum Gasteiger partial charge on any atom is -0.410 e. The van der Waals surface area contributed by atoms with E-state index in [4.69, 9.17) is 4.74 Å². The third-order valence-electron chi connectivity index (χ3n) is 3.29. The maximum Gasteiger partial charge on any atom is 0.415 e. The molecule has 2 atom stereocenters. The van der Waals surface area contributed by atoms with E-state index in [1.54, 1.807) is 30.3 Å². The van der Waals surface area contributed by atoms with E-state index in [0.29, 0.717) is 31.6 Å². The molecule has 0 N–H and O–H groups in total. The van der Waals surface area contributed by atoms with Gasteiger partial charge in [-0.1, -0.05) is 24.3 Å². The Bertz CT molecular complexity index is 435. The zero-order valence-corrected chi connectivity index (χ0v) is 10.8. The Morgan fingerprint density at radius 1 is 1.47 bits per heavy atom. The van der Waals surface area contributed by atoms with Gasteiger partial charge in [0, 0.05) is 6.54 Å². The summed E-state index contributed by atoms with van der Waals surface area (Å²) in [4.78, 5) is 13.6. The second-order valence-corrected chi connectivity index (χ2v) is 4.62. The van der Waals surface area contributed by atoms with Crippen LogP contribution in [0, 0.1) is 0 Å². The fraction of sp³-hybridized carbons (Fsp3) is 0.400. The summed E-state index contributed by atoms with van der Waals surface area (Å²) in [6, 6.07) is 8.38. The number of carbonyl (C=O) groups is 1. The molecule has 2 rings (SSSR count). The number of likely N-dealkylation sites (tertiary alicyclic amines) is 1. The van der Waals surface area contributed by atoms with Gasteiger partial charge in [-0.25, -0.2) is 9.18 Å². The maximum absolute atomic E-state index is 13.9. The van der Waals surface area contributed by atoms with E-state index in [0.717, 1.165) is 0 Å². The van der Waals surface area contributed by atoms with E-state index < -0.39 is 18.3 Å². The van der Waals surface area contributed by atoms with Crippen molar-refractivity contribution in [3.8, 4) is 5.75 Å². The topological polar surface area (TPSA) is 29.5 Å². The molecule has 3 nitrogen and oxygen atoms in total. The highest BCUT2D eigenvalue weighted by Crippen LogP contribution is 2.24. The molecule has 0 bridgehead atoms. The molecule has 1 fully saturated rings. The number of piperidine rings is 1. The van der Waals surface area contributed by atoms with E-state index in [1.807, 2.05) is 6.07 Å². The van der Waals surface area contributed by atoms with E-state index in [2.05, 4.69) is 6.58 Å². The van der Waals surface area contributed by atoms with Gasteiger partial charge in [-0.05, 0) is 31.4 Å². The molecule has 0 spiro atoms. The quantitative estimate of drug-likeness (QED) is 0.780. The van der Waals surface area contributed by atoms with Crippen molar-refractivity contribution in [1.82, 2.24) is 4.90 Å². The van der Waals surface area contributed by atoms with Gasteiger partial charge < -0.3 is 9.64 Å². The summed E-state index contributed by atoms with van der Waals surface area (Å²) in [6.45, 7) is 4.15. The summed E-state index contributed by atoms with van der Waals surface area (Å²) < 4.78 is 19.2. The number of carbonyl (C=O) groups excluding carboxylic acids is 1. The average molecular weight is 263 g/mol. The molecule has 2 unspecified atom stereocenters. The number of halogens is 1. The lowest BCUT2D eigenvalue weighted by Crippen LogP contribution is -2.50. The van der Waals surface area contributed by atoms with Gasteiger partial charge in [0.2, 0.25) is 0 Å². The van der Waals surface area contributed by atoms with Crippen molar-refractivity contribution >= 4 is 6.09 Å². The van der Waals surface area contributed by atoms with Crippen molar-refractivity contribution in [3.63, 3.8) is 0 Å². The van der Waals surface area contributed by atoms with Crippen LogP contribution in [0.3, 0.4) is 0 Å². The Hall–Kier alpha value is -1.84. The van der Waals surface area contributed by atoms with E-state index >= 15 is 0 Å². The zero-order valence-electron chi connectivity index (χ0n) is 10.8. The predicted octanol–water partition coefficient (Wildman–Crippen LogP) is 3.56. The first kappa shape index (κ1) is 13.6.